The Morgan fingerprint density at radius 3 is 2.94 bits per heavy atom. The van der Waals surface area contributed by atoms with Crippen molar-refractivity contribution in [3.63, 3.8) is 0 Å². The van der Waals surface area contributed by atoms with E-state index < -0.39 is 0 Å². The molecule has 0 saturated carbocycles. The summed E-state index contributed by atoms with van der Waals surface area (Å²) in [5.74, 6) is 0. The number of rotatable bonds is 9. The molecule has 0 saturated heterocycles. The van der Waals surface area contributed by atoms with Gasteiger partial charge in [-0.3, -0.25) is 0 Å². The number of likely N-dealkylation sites (N-methyl/N-ethyl adjacent to an activating group) is 1. The molecular formula is C12H21BrN2OS. The first-order valence-electron chi connectivity index (χ1n) is 5.92. The summed E-state index contributed by atoms with van der Waals surface area (Å²) in [4.78, 5) is 3.65. The minimum Gasteiger partial charge on any atom is -0.380 e. The lowest BCUT2D eigenvalue weighted by Crippen LogP contribution is -2.31. The highest BCUT2D eigenvalue weighted by molar-refractivity contribution is 9.10. The highest BCUT2D eigenvalue weighted by atomic mass is 79.9. The van der Waals surface area contributed by atoms with Gasteiger partial charge >= 0.3 is 0 Å². The Hall–Kier alpha value is 0.0600. The van der Waals surface area contributed by atoms with Crippen LogP contribution in [-0.2, 0) is 11.3 Å². The molecule has 0 radical (unpaired) electrons. The summed E-state index contributed by atoms with van der Waals surface area (Å²) in [6.45, 7) is 7.68. The highest BCUT2D eigenvalue weighted by Gasteiger charge is 1.99. The molecule has 17 heavy (non-hydrogen) atoms. The van der Waals surface area contributed by atoms with E-state index in [0.29, 0.717) is 0 Å². The minimum absolute atomic E-state index is 0.805. The van der Waals surface area contributed by atoms with Crippen LogP contribution in [0.4, 0.5) is 0 Å². The molecule has 98 valence electrons. The van der Waals surface area contributed by atoms with E-state index in [1.165, 1.54) is 9.35 Å². The molecule has 0 aliphatic carbocycles. The number of hydrogen-bond acceptors (Lipinski definition) is 4. The van der Waals surface area contributed by atoms with Gasteiger partial charge in [-0.2, -0.15) is 0 Å². The Bertz CT molecular complexity index is 306. The predicted molar refractivity (Wildman–Crippen MR) is 77.7 cm³/mol. The SMILES string of the molecule is CCOCCN(C)CCNCc1cc(Br)cs1. The van der Waals surface area contributed by atoms with Crippen molar-refractivity contribution in [2.45, 2.75) is 13.5 Å². The highest BCUT2D eigenvalue weighted by Crippen LogP contribution is 2.19. The van der Waals surface area contributed by atoms with E-state index in [9.17, 15) is 0 Å². The Morgan fingerprint density at radius 1 is 1.47 bits per heavy atom. The zero-order valence-electron chi connectivity index (χ0n) is 10.5. The third-order valence-corrected chi connectivity index (χ3v) is 4.11. The topological polar surface area (TPSA) is 24.5 Å². The van der Waals surface area contributed by atoms with Gasteiger partial charge in [0.25, 0.3) is 0 Å². The quantitative estimate of drug-likeness (QED) is 0.708. The third kappa shape index (κ3) is 7.16. The molecule has 0 fully saturated rings. The van der Waals surface area contributed by atoms with Gasteiger partial charge in [0.05, 0.1) is 6.61 Å². The predicted octanol–water partition coefficient (Wildman–Crippen LogP) is 2.57. The van der Waals surface area contributed by atoms with Crippen LogP contribution in [0.1, 0.15) is 11.8 Å². The van der Waals surface area contributed by atoms with Crippen LogP contribution >= 0.6 is 27.3 Å². The lowest BCUT2D eigenvalue weighted by atomic mass is 10.4. The van der Waals surface area contributed by atoms with Crippen LogP contribution in [0.2, 0.25) is 0 Å². The van der Waals surface area contributed by atoms with Crippen molar-refractivity contribution in [2.24, 2.45) is 0 Å². The van der Waals surface area contributed by atoms with Crippen molar-refractivity contribution >= 4 is 27.3 Å². The average Bonchev–Trinajstić information content (AvgIpc) is 2.71. The number of halogens is 1. The second kappa shape index (κ2) is 9.05. The van der Waals surface area contributed by atoms with Crippen molar-refractivity contribution < 1.29 is 4.74 Å². The van der Waals surface area contributed by atoms with Crippen molar-refractivity contribution in [2.75, 3.05) is 39.9 Å². The molecule has 0 bridgehead atoms. The molecule has 0 aliphatic rings. The molecule has 0 amide bonds. The van der Waals surface area contributed by atoms with Crippen LogP contribution in [0.25, 0.3) is 0 Å². The smallest absolute Gasteiger partial charge is 0.0593 e. The maximum absolute atomic E-state index is 5.32. The van der Waals surface area contributed by atoms with Crippen LogP contribution in [0.5, 0.6) is 0 Å². The zero-order valence-corrected chi connectivity index (χ0v) is 12.9. The fourth-order valence-electron chi connectivity index (χ4n) is 1.40. The fraction of sp³-hybridized carbons (Fsp3) is 0.667. The van der Waals surface area contributed by atoms with Crippen molar-refractivity contribution in [1.82, 2.24) is 10.2 Å². The standard InChI is InChI=1S/C12H21BrN2OS/c1-3-16-7-6-15(2)5-4-14-9-12-8-11(13)10-17-12/h8,10,14H,3-7,9H2,1-2H3. The van der Waals surface area contributed by atoms with Gasteiger partial charge in [0.1, 0.15) is 0 Å². The van der Waals surface area contributed by atoms with Gasteiger partial charge in [0.15, 0.2) is 0 Å². The summed E-state index contributed by atoms with van der Waals surface area (Å²) in [7, 11) is 2.13. The Balaban J connectivity index is 2.00. The van der Waals surface area contributed by atoms with Gasteiger partial charge in [-0.25, -0.2) is 0 Å². The van der Waals surface area contributed by atoms with Gasteiger partial charge in [0, 0.05) is 47.5 Å². The number of nitrogens with one attached hydrogen (secondary N) is 1. The van der Waals surface area contributed by atoms with Gasteiger partial charge in [-0.05, 0) is 36.0 Å². The molecule has 1 N–H and O–H groups in total. The number of nitrogens with zero attached hydrogens (tertiary/aromatic N) is 1. The summed E-state index contributed by atoms with van der Waals surface area (Å²) >= 11 is 5.24. The normalized spacial score (nSPS) is 11.3. The number of thiophene rings is 1. The minimum atomic E-state index is 0.805. The Labute approximate surface area is 116 Å². The van der Waals surface area contributed by atoms with Gasteiger partial charge < -0.3 is 15.0 Å². The van der Waals surface area contributed by atoms with Crippen LogP contribution in [0.3, 0.4) is 0 Å². The number of ether oxygens (including phenoxy) is 1. The van der Waals surface area contributed by atoms with Crippen LogP contribution in [0, 0.1) is 0 Å². The Morgan fingerprint density at radius 2 is 2.29 bits per heavy atom. The third-order valence-electron chi connectivity index (χ3n) is 2.41. The lowest BCUT2D eigenvalue weighted by Gasteiger charge is -2.16. The van der Waals surface area contributed by atoms with Gasteiger partial charge in [-0.15, -0.1) is 11.3 Å². The molecule has 0 atom stereocenters. The molecule has 1 rings (SSSR count). The second-order valence-corrected chi connectivity index (χ2v) is 5.82. The van der Waals surface area contributed by atoms with E-state index in [1.54, 1.807) is 11.3 Å². The summed E-state index contributed by atoms with van der Waals surface area (Å²) in [6.07, 6.45) is 0. The van der Waals surface area contributed by atoms with Gasteiger partial charge in [0.2, 0.25) is 0 Å². The van der Waals surface area contributed by atoms with Gasteiger partial charge in [-0.1, -0.05) is 0 Å². The summed E-state index contributed by atoms with van der Waals surface area (Å²) in [6, 6.07) is 2.16. The molecule has 0 unspecified atom stereocenters. The lowest BCUT2D eigenvalue weighted by molar-refractivity contribution is 0.122. The van der Waals surface area contributed by atoms with Crippen LogP contribution < -0.4 is 5.32 Å². The molecule has 1 heterocycles. The van der Waals surface area contributed by atoms with Crippen molar-refractivity contribution in [3.05, 3.63) is 20.8 Å². The summed E-state index contributed by atoms with van der Waals surface area (Å²) < 4.78 is 6.49. The average molecular weight is 321 g/mol. The maximum atomic E-state index is 5.32. The van der Waals surface area contributed by atoms with Crippen LogP contribution in [-0.4, -0.2) is 44.8 Å². The zero-order chi connectivity index (χ0) is 12.5. The largest absolute Gasteiger partial charge is 0.380 e. The molecular weight excluding hydrogens is 300 g/mol. The summed E-state index contributed by atoms with van der Waals surface area (Å²) in [5, 5.41) is 5.56. The van der Waals surface area contributed by atoms with Crippen molar-refractivity contribution in [3.8, 4) is 0 Å². The molecule has 0 spiro atoms. The molecule has 1 aromatic rings. The van der Waals surface area contributed by atoms with E-state index in [1.807, 2.05) is 6.92 Å². The molecule has 0 aliphatic heterocycles. The summed E-state index contributed by atoms with van der Waals surface area (Å²) in [5.41, 5.74) is 0. The molecule has 0 aromatic carbocycles. The maximum Gasteiger partial charge on any atom is 0.0593 e. The monoisotopic (exact) mass is 320 g/mol. The Kier molecular flexibility index (Phi) is 8.05. The van der Waals surface area contributed by atoms with E-state index >= 15 is 0 Å². The van der Waals surface area contributed by atoms with E-state index in [2.05, 4.69) is 44.6 Å². The first-order chi connectivity index (χ1) is 8.22. The molecule has 5 heteroatoms. The fourth-order valence-corrected chi connectivity index (χ4v) is 2.83. The number of hydrogen-bond donors (Lipinski definition) is 1. The second-order valence-electron chi connectivity index (χ2n) is 3.91. The van der Waals surface area contributed by atoms with E-state index in [-0.39, 0.29) is 0 Å². The van der Waals surface area contributed by atoms with E-state index in [0.717, 1.165) is 39.4 Å². The first-order valence-corrected chi connectivity index (χ1v) is 7.59. The van der Waals surface area contributed by atoms with E-state index in [4.69, 9.17) is 4.74 Å². The molecule has 3 nitrogen and oxygen atoms in total. The van der Waals surface area contributed by atoms with Crippen molar-refractivity contribution in [1.29, 1.82) is 0 Å². The first kappa shape index (κ1) is 15.1. The molecule has 1 aromatic heterocycles. The van der Waals surface area contributed by atoms with Crippen LogP contribution in [0.15, 0.2) is 15.9 Å².